The molecule has 0 aliphatic rings. The largest absolute Gasteiger partial charge is 0.369 e. The average molecular weight is 319 g/mol. The van der Waals surface area contributed by atoms with E-state index in [-0.39, 0.29) is 17.6 Å². The number of nitrogens with zero attached hydrogens (tertiary/aromatic N) is 2. The Morgan fingerprint density at radius 3 is 2.55 bits per heavy atom. The summed E-state index contributed by atoms with van der Waals surface area (Å²) in [5.74, 6) is -0.0175. The normalized spacial score (nSPS) is 10.8. The molecule has 0 saturated heterocycles. The van der Waals surface area contributed by atoms with Crippen LogP contribution in [0.25, 0.3) is 10.9 Å². The first-order valence-corrected chi connectivity index (χ1v) is 8.32. The van der Waals surface area contributed by atoms with Crippen molar-refractivity contribution in [3.05, 3.63) is 30.5 Å². The van der Waals surface area contributed by atoms with Gasteiger partial charge in [0.2, 0.25) is 11.8 Å². The molecule has 0 bridgehead atoms. The van der Waals surface area contributed by atoms with Gasteiger partial charge in [0.25, 0.3) is 0 Å². The Kier molecular flexibility index (Phi) is 5.49. The van der Waals surface area contributed by atoms with Crippen LogP contribution in [-0.4, -0.2) is 40.1 Å². The molecule has 2 aromatic rings. The highest BCUT2D eigenvalue weighted by molar-refractivity contribution is 8.00. The maximum absolute atomic E-state index is 12.3. The summed E-state index contributed by atoms with van der Waals surface area (Å²) in [5.41, 5.74) is 6.22. The van der Waals surface area contributed by atoms with Crippen molar-refractivity contribution in [2.24, 2.45) is 5.73 Å². The second kappa shape index (κ2) is 7.35. The molecule has 22 heavy (non-hydrogen) atoms. The molecule has 0 aliphatic carbocycles. The number of fused-ring (bicyclic) bond motifs is 1. The first kappa shape index (κ1) is 16.4. The molecule has 6 heteroatoms. The van der Waals surface area contributed by atoms with Crippen LogP contribution in [0.15, 0.2) is 35.4 Å². The molecule has 0 atom stereocenters. The fraction of sp³-hybridized carbons (Fsp3) is 0.375. The second-order valence-electron chi connectivity index (χ2n) is 4.96. The van der Waals surface area contributed by atoms with Gasteiger partial charge in [-0.15, -0.1) is 11.8 Å². The number of carbonyl (C=O) groups is 2. The lowest BCUT2D eigenvalue weighted by atomic mass is 10.2. The van der Waals surface area contributed by atoms with Gasteiger partial charge in [-0.25, -0.2) is 0 Å². The van der Waals surface area contributed by atoms with E-state index in [4.69, 9.17) is 5.73 Å². The van der Waals surface area contributed by atoms with E-state index < -0.39 is 0 Å². The molecule has 0 aliphatic heterocycles. The summed E-state index contributed by atoms with van der Waals surface area (Å²) in [4.78, 5) is 26.1. The number of nitrogens with two attached hydrogens (primary N) is 1. The average Bonchev–Trinajstić information content (AvgIpc) is 2.85. The minimum absolute atomic E-state index is 0.0946. The fourth-order valence-electron chi connectivity index (χ4n) is 2.43. The van der Waals surface area contributed by atoms with E-state index in [0.717, 1.165) is 15.8 Å². The number of carbonyl (C=O) groups excluding carboxylic acids is 2. The quantitative estimate of drug-likeness (QED) is 0.795. The first-order chi connectivity index (χ1) is 10.6. The Bertz CT molecular complexity index is 677. The lowest BCUT2D eigenvalue weighted by Crippen LogP contribution is -2.33. The molecule has 2 amide bonds. The van der Waals surface area contributed by atoms with Gasteiger partial charge in [0, 0.05) is 35.1 Å². The number of para-hydroxylation sites is 1. The minimum Gasteiger partial charge on any atom is -0.369 e. The summed E-state index contributed by atoms with van der Waals surface area (Å²) in [6.07, 6.45) is 1.93. The van der Waals surface area contributed by atoms with Gasteiger partial charge in [-0.05, 0) is 19.9 Å². The van der Waals surface area contributed by atoms with Gasteiger partial charge >= 0.3 is 0 Å². The summed E-state index contributed by atoms with van der Waals surface area (Å²) < 4.78 is 1.94. The van der Waals surface area contributed by atoms with Crippen LogP contribution < -0.4 is 5.73 Å². The van der Waals surface area contributed by atoms with Crippen molar-refractivity contribution in [2.75, 3.05) is 18.8 Å². The summed E-state index contributed by atoms with van der Waals surface area (Å²) >= 11 is 1.41. The lowest BCUT2D eigenvalue weighted by molar-refractivity contribution is -0.131. The fourth-order valence-corrected chi connectivity index (χ4v) is 3.26. The van der Waals surface area contributed by atoms with Gasteiger partial charge in [0.15, 0.2) is 0 Å². The Morgan fingerprint density at radius 1 is 1.23 bits per heavy atom. The molecule has 0 fully saturated rings. The third-order valence-electron chi connectivity index (χ3n) is 3.54. The molecular formula is C16H21N3O2S. The number of hydrogen-bond donors (Lipinski definition) is 1. The van der Waals surface area contributed by atoms with Gasteiger partial charge in [0.05, 0.1) is 5.75 Å². The van der Waals surface area contributed by atoms with Crippen LogP contribution in [0.5, 0.6) is 0 Å². The smallest absolute Gasteiger partial charge is 0.242 e. The number of likely N-dealkylation sites (N-methyl/N-ethyl adjacent to an activating group) is 1. The molecule has 0 saturated carbocycles. The zero-order chi connectivity index (χ0) is 16.1. The monoisotopic (exact) mass is 319 g/mol. The highest BCUT2D eigenvalue weighted by Crippen LogP contribution is 2.29. The molecule has 1 heterocycles. The van der Waals surface area contributed by atoms with E-state index in [0.29, 0.717) is 19.6 Å². The number of rotatable bonds is 7. The van der Waals surface area contributed by atoms with Crippen LogP contribution in [0.4, 0.5) is 0 Å². The Labute approximate surface area is 134 Å². The van der Waals surface area contributed by atoms with Crippen molar-refractivity contribution >= 4 is 34.5 Å². The predicted octanol–water partition coefficient (Wildman–Crippen LogP) is 2.09. The zero-order valence-corrected chi connectivity index (χ0v) is 13.7. The number of aromatic nitrogens is 1. The number of benzene rings is 1. The van der Waals surface area contributed by atoms with Crippen LogP contribution in [0.3, 0.4) is 0 Å². The maximum Gasteiger partial charge on any atom is 0.242 e. The van der Waals surface area contributed by atoms with Crippen molar-refractivity contribution in [1.82, 2.24) is 9.47 Å². The molecule has 0 spiro atoms. The third kappa shape index (κ3) is 3.62. The summed E-state index contributed by atoms with van der Waals surface area (Å²) in [5, 5.41) is 1.04. The van der Waals surface area contributed by atoms with Crippen molar-refractivity contribution in [1.29, 1.82) is 0 Å². The molecule has 2 rings (SSSR count). The van der Waals surface area contributed by atoms with Crippen molar-refractivity contribution < 1.29 is 9.59 Å². The van der Waals surface area contributed by atoms with Crippen LogP contribution in [0.1, 0.15) is 13.8 Å². The van der Waals surface area contributed by atoms with Gasteiger partial charge in [0.1, 0.15) is 6.54 Å². The van der Waals surface area contributed by atoms with E-state index in [9.17, 15) is 9.59 Å². The van der Waals surface area contributed by atoms with Crippen molar-refractivity contribution in [3.63, 3.8) is 0 Å². The molecule has 118 valence electrons. The summed E-state index contributed by atoms with van der Waals surface area (Å²) in [6, 6.07) is 7.88. The SMILES string of the molecule is CCN(CC)C(=O)Cn1cc(SCC(N)=O)c2ccccc21. The molecule has 2 N–H and O–H groups in total. The van der Waals surface area contributed by atoms with Gasteiger partial charge < -0.3 is 15.2 Å². The third-order valence-corrected chi connectivity index (χ3v) is 4.61. The van der Waals surface area contributed by atoms with Crippen LogP contribution in [0.2, 0.25) is 0 Å². The van der Waals surface area contributed by atoms with Gasteiger partial charge in [-0.2, -0.15) is 0 Å². The van der Waals surface area contributed by atoms with E-state index in [1.165, 1.54) is 11.8 Å². The molecule has 1 aromatic carbocycles. The predicted molar refractivity (Wildman–Crippen MR) is 89.8 cm³/mol. The van der Waals surface area contributed by atoms with E-state index >= 15 is 0 Å². The van der Waals surface area contributed by atoms with Gasteiger partial charge in [-0.3, -0.25) is 9.59 Å². The topological polar surface area (TPSA) is 68.3 Å². The van der Waals surface area contributed by atoms with E-state index in [2.05, 4.69) is 0 Å². The molecule has 0 unspecified atom stereocenters. The van der Waals surface area contributed by atoms with Crippen LogP contribution in [0, 0.1) is 0 Å². The summed E-state index contributed by atoms with van der Waals surface area (Å²) in [6.45, 7) is 5.67. The molecule has 5 nitrogen and oxygen atoms in total. The Morgan fingerprint density at radius 2 is 1.91 bits per heavy atom. The Hall–Kier alpha value is -1.95. The summed E-state index contributed by atoms with van der Waals surface area (Å²) in [7, 11) is 0. The van der Waals surface area contributed by atoms with Gasteiger partial charge in [-0.1, -0.05) is 18.2 Å². The number of amides is 2. The van der Waals surface area contributed by atoms with Crippen LogP contribution in [-0.2, 0) is 16.1 Å². The van der Waals surface area contributed by atoms with Crippen LogP contribution >= 0.6 is 11.8 Å². The Balaban J connectivity index is 2.29. The maximum atomic E-state index is 12.3. The number of primary amides is 1. The number of hydrogen-bond acceptors (Lipinski definition) is 3. The van der Waals surface area contributed by atoms with Crippen molar-refractivity contribution in [3.8, 4) is 0 Å². The number of thioether (sulfide) groups is 1. The minimum atomic E-state index is -0.346. The first-order valence-electron chi connectivity index (χ1n) is 7.33. The zero-order valence-electron chi connectivity index (χ0n) is 12.9. The van der Waals surface area contributed by atoms with Crippen molar-refractivity contribution in [2.45, 2.75) is 25.3 Å². The highest BCUT2D eigenvalue weighted by atomic mass is 32.2. The molecule has 1 aromatic heterocycles. The van der Waals surface area contributed by atoms with E-state index in [1.54, 1.807) is 0 Å². The standard InChI is InChI=1S/C16H21N3O2S/c1-3-18(4-2)16(21)10-19-9-14(22-11-15(17)20)12-7-5-6-8-13(12)19/h5-9H,3-4,10-11H2,1-2H3,(H2,17,20). The van der Waals surface area contributed by atoms with E-state index in [1.807, 2.05) is 53.8 Å². The lowest BCUT2D eigenvalue weighted by Gasteiger charge is -2.19. The second-order valence-corrected chi connectivity index (χ2v) is 5.98. The molecular weight excluding hydrogens is 298 g/mol. The highest BCUT2D eigenvalue weighted by Gasteiger charge is 2.14. The molecule has 0 radical (unpaired) electrons.